The van der Waals surface area contributed by atoms with Crippen molar-refractivity contribution in [1.29, 1.82) is 0 Å². The number of nitrogens with zero attached hydrogens (tertiary/aromatic N) is 2. The van der Waals surface area contributed by atoms with Crippen LogP contribution in [0.25, 0.3) is 0 Å². The maximum atomic E-state index is 5.55. The monoisotopic (exact) mass is 268 g/mol. The minimum Gasteiger partial charge on any atom is -0.367 e. The van der Waals surface area contributed by atoms with Gasteiger partial charge >= 0.3 is 0 Å². The zero-order valence-electron chi connectivity index (χ0n) is 11.7. The molecule has 20 heavy (non-hydrogen) atoms. The van der Waals surface area contributed by atoms with E-state index in [0.29, 0.717) is 5.92 Å². The van der Waals surface area contributed by atoms with Gasteiger partial charge in [-0.05, 0) is 30.0 Å². The summed E-state index contributed by atoms with van der Waals surface area (Å²) in [7, 11) is 0. The molecule has 1 aliphatic rings. The van der Waals surface area contributed by atoms with Crippen LogP contribution in [0.15, 0.2) is 42.6 Å². The molecule has 0 saturated heterocycles. The van der Waals surface area contributed by atoms with Gasteiger partial charge < -0.3 is 10.3 Å². The maximum Gasteiger partial charge on any atom is 0.144 e. The van der Waals surface area contributed by atoms with Crippen molar-refractivity contribution < 1.29 is 0 Å². The summed E-state index contributed by atoms with van der Waals surface area (Å²) < 4.78 is 0. The number of rotatable bonds is 3. The van der Waals surface area contributed by atoms with Gasteiger partial charge in [0, 0.05) is 30.5 Å². The molecule has 1 aliphatic heterocycles. The van der Waals surface area contributed by atoms with Crippen molar-refractivity contribution in [1.82, 2.24) is 4.98 Å². The highest BCUT2D eigenvalue weighted by molar-refractivity contribution is 5.57. The summed E-state index contributed by atoms with van der Waals surface area (Å²) in [5, 5.41) is 0. The Morgan fingerprint density at radius 2 is 2.15 bits per heavy atom. The van der Waals surface area contributed by atoms with Crippen LogP contribution < -0.4 is 16.2 Å². The fraction of sp³-hybridized carbons (Fsp3) is 0.312. The topological polar surface area (TPSA) is 54.2 Å². The molecule has 1 atom stereocenters. The summed E-state index contributed by atoms with van der Waals surface area (Å²) in [6, 6.07) is 12.7. The number of para-hydroxylation sites is 1. The Balaban J connectivity index is 1.91. The van der Waals surface area contributed by atoms with E-state index in [1.54, 1.807) is 6.20 Å². The van der Waals surface area contributed by atoms with Gasteiger partial charge in [-0.3, -0.25) is 0 Å². The lowest BCUT2D eigenvalue weighted by Gasteiger charge is -2.35. The van der Waals surface area contributed by atoms with Crippen LogP contribution in [0.3, 0.4) is 0 Å². The highest BCUT2D eigenvalue weighted by Crippen LogP contribution is 2.31. The Morgan fingerprint density at radius 1 is 1.30 bits per heavy atom. The SMILES string of the molecule is CC1Cc2ccccc2N(Cc2cccnc2NN)C1. The van der Waals surface area contributed by atoms with Crippen molar-refractivity contribution in [2.24, 2.45) is 11.8 Å². The van der Waals surface area contributed by atoms with Crippen LogP contribution in [-0.2, 0) is 13.0 Å². The highest BCUT2D eigenvalue weighted by atomic mass is 15.3. The van der Waals surface area contributed by atoms with Crippen LogP contribution in [0.4, 0.5) is 11.5 Å². The van der Waals surface area contributed by atoms with Crippen LogP contribution >= 0.6 is 0 Å². The molecule has 0 radical (unpaired) electrons. The van der Waals surface area contributed by atoms with Gasteiger partial charge in [-0.1, -0.05) is 31.2 Å². The zero-order chi connectivity index (χ0) is 13.9. The molecule has 104 valence electrons. The van der Waals surface area contributed by atoms with E-state index < -0.39 is 0 Å². The third kappa shape index (κ3) is 2.47. The second kappa shape index (κ2) is 5.51. The summed E-state index contributed by atoms with van der Waals surface area (Å²) in [5.74, 6) is 6.96. The molecule has 1 aromatic heterocycles. The summed E-state index contributed by atoms with van der Waals surface area (Å²) in [5.41, 5.74) is 6.57. The first-order chi connectivity index (χ1) is 9.78. The fourth-order valence-electron chi connectivity index (χ4n) is 2.96. The third-order valence-electron chi connectivity index (χ3n) is 3.82. The van der Waals surface area contributed by atoms with Crippen molar-refractivity contribution in [3.05, 3.63) is 53.7 Å². The molecule has 4 nitrogen and oxygen atoms in total. The number of hydrogen-bond acceptors (Lipinski definition) is 4. The molecule has 2 aromatic rings. The molecular weight excluding hydrogens is 248 g/mol. The van der Waals surface area contributed by atoms with Gasteiger partial charge in [0.15, 0.2) is 0 Å². The Kier molecular flexibility index (Phi) is 3.56. The molecule has 0 spiro atoms. The van der Waals surface area contributed by atoms with Crippen LogP contribution in [0.1, 0.15) is 18.1 Å². The van der Waals surface area contributed by atoms with E-state index in [4.69, 9.17) is 5.84 Å². The fourth-order valence-corrected chi connectivity index (χ4v) is 2.96. The zero-order valence-corrected chi connectivity index (χ0v) is 11.7. The lowest BCUT2D eigenvalue weighted by Crippen LogP contribution is -2.34. The van der Waals surface area contributed by atoms with Crippen molar-refractivity contribution in [2.75, 3.05) is 16.9 Å². The Morgan fingerprint density at radius 3 is 3.00 bits per heavy atom. The molecule has 0 saturated carbocycles. The number of anilines is 2. The molecule has 1 unspecified atom stereocenters. The predicted molar refractivity (Wildman–Crippen MR) is 82.4 cm³/mol. The minimum atomic E-state index is 0.663. The molecule has 4 heteroatoms. The summed E-state index contributed by atoms with van der Waals surface area (Å²) >= 11 is 0. The smallest absolute Gasteiger partial charge is 0.144 e. The highest BCUT2D eigenvalue weighted by Gasteiger charge is 2.22. The average Bonchev–Trinajstić information content (AvgIpc) is 2.47. The molecule has 3 N–H and O–H groups in total. The number of pyridine rings is 1. The maximum absolute atomic E-state index is 5.55. The molecule has 0 bridgehead atoms. The van der Waals surface area contributed by atoms with Crippen LogP contribution in [0.2, 0.25) is 0 Å². The summed E-state index contributed by atoms with van der Waals surface area (Å²) in [4.78, 5) is 6.69. The largest absolute Gasteiger partial charge is 0.367 e. The van der Waals surface area contributed by atoms with E-state index in [-0.39, 0.29) is 0 Å². The Labute approximate surface area is 119 Å². The van der Waals surface area contributed by atoms with Gasteiger partial charge in [0.2, 0.25) is 0 Å². The van der Waals surface area contributed by atoms with Crippen molar-refractivity contribution in [3.63, 3.8) is 0 Å². The number of aromatic nitrogens is 1. The van der Waals surface area contributed by atoms with E-state index in [1.165, 1.54) is 11.3 Å². The van der Waals surface area contributed by atoms with E-state index in [1.807, 2.05) is 6.07 Å². The van der Waals surface area contributed by atoms with Crippen molar-refractivity contribution in [2.45, 2.75) is 19.9 Å². The van der Waals surface area contributed by atoms with Gasteiger partial charge in [0.25, 0.3) is 0 Å². The van der Waals surface area contributed by atoms with Gasteiger partial charge in [-0.15, -0.1) is 0 Å². The van der Waals surface area contributed by atoms with Crippen LogP contribution in [-0.4, -0.2) is 11.5 Å². The first kappa shape index (κ1) is 12.9. The Bertz CT molecular complexity index is 597. The Hall–Kier alpha value is -2.07. The van der Waals surface area contributed by atoms with E-state index in [0.717, 1.165) is 30.9 Å². The summed E-state index contributed by atoms with van der Waals surface area (Å²) in [6.07, 6.45) is 2.91. The van der Waals surface area contributed by atoms with Crippen LogP contribution in [0.5, 0.6) is 0 Å². The first-order valence-electron chi connectivity index (χ1n) is 7.01. The van der Waals surface area contributed by atoms with Gasteiger partial charge in [0.05, 0.1) is 0 Å². The second-order valence-electron chi connectivity index (χ2n) is 5.47. The van der Waals surface area contributed by atoms with Crippen molar-refractivity contribution in [3.8, 4) is 0 Å². The molecule has 3 rings (SSSR count). The normalized spacial score (nSPS) is 17.7. The number of nitrogen functional groups attached to an aromatic ring is 1. The predicted octanol–water partition coefficient (Wildman–Crippen LogP) is 2.57. The van der Waals surface area contributed by atoms with E-state index >= 15 is 0 Å². The number of hydrogen-bond donors (Lipinski definition) is 2. The second-order valence-corrected chi connectivity index (χ2v) is 5.47. The molecular formula is C16H20N4. The number of nitrogens with two attached hydrogens (primary N) is 1. The number of nitrogens with one attached hydrogen (secondary N) is 1. The van der Waals surface area contributed by atoms with Gasteiger partial charge in [0.1, 0.15) is 5.82 Å². The quantitative estimate of drug-likeness (QED) is 0.663. The number of benzene rings is 1. The molecule has 0 amide bonds. The summed E-state index contributed by atoms with van der Waals surface area (Å²) in [6.45, 7) is 4.19. The number of hydrazine groups is 1. The van der Waals surface area contributed by atoms with Gasteiger partial charge in [-0.2, -0.15) is 0 Å². The lowest BCUT2D eigenvalue weighted by molar-refractivity contribution is 0.530. The average molecular weight is 268 g/mol. The van der Waals surface area contributed by atoms with Crippen LogP contribution in [0, 0.1) is 5.92 Å². The van der Waals surface area contributed by atoms with E-state index in [2.05, 4.69) is 52.6 Å². The molecule has 1 aromatic carbocycles. The van der Waals surface area contributed by atoms with Gasteiger partial charge in [-0.25, -0.2) is 10.8 Å². The number of fused-ring (bicyclic) bond motifs is 1. The first-order valence-corrected chi connectivity index (χ1v) is 7.01. The van der Waals surface area contributed by atoms with E-state index in [9.17, 15) is 0 Å². The molecule has 2 heterocycles. The third-order valence-corrected chi connectivity index (χ3v) is 3.82. The van der Waals surface area contributed by atoms with Crippen molar-refractivity contribution >= 4 is 11.5 Å². The lowest BCUT2D eigenvalue weighted by atomic mass is 9.93. The molecule has 0 fully saturated rings. The standard InChI is InChI=1S/C16H20N4/c1-12-9-13-5-2-3-7-15(13)20(10-12)11-14-6-4-8-18-16(14)19-17/h2-8,12H,9-11,17H2,1H3,(H,18,19). The minimum absolute atomic E-state index is 0.663. The molecule has 0 aliphatic carbocycles.